The molecule has 7 heteroatoms. The van der Waals surface area contributed by atoms with Gasteiger partial charge in [0.05, 0.1) is 0 Å². The van der Waals surface area contributed by atoms with Crippen molar-refractivity contribution in [3.8, 4) is 5.75 Å². The number of hydrogen-bond acceptors (Lipinski definition) is 6. The van der Waals surface area contributed by atoms with Crippen LogP contribution in [0.4, 0.5) is 0 Å². The molecule has 0 aromatic heterocycles. The average Bonchev–Trinajstić information content (AvgIpc) is 2.97. The molecule has 0 atom stereocenters. The molecule has 0 bridgehead atoms. The van der Waals surface area contributed by atoms with E-state index in [1.807, 2.05) is 24.3 Å². The molecule has 0 radical (unpaired) electrons. The summed E-state index contributed by atoms with van der Waals surface area (Å²) < 4.78 is 21.2. The van der Waals surface area contributed by atoms with E-state index in [-0.39, 0.29) is 0 Å². The normalized spacial score (nSPS) is 17.8. The molecule has 1 heterocycles. The van der Waals surface area contributed by atoms with Crippen LogP contribution in [0.5, 0.6) is 5.75 Å². The standard InChI is InChI=1S/C30H21O3PS3/c1-4-16-25-22(10-1)13-7-19-28(25)31-34(32-35-37-36-33-34,29-20-8-14-23-11-2-5-17-26(23)29)30-21-9-15-24-12-3-6-18-27(24)30/h1-21H. The van der Waals surface area contributed by atoms with Gasteiger partial charge in [0.2, 0.25) is 0 Å². The molecule has 0 unspecified atom stereocenters. The zero-order chi connectivity index (χ0) is 24.7. The summed E-state index contributed by atoms with van der Waals surface area (Å²) >= 11 is 2.64. The van der Waals surface area contributed by atoms with Gasteiger partial charge in [0, 0.05) is 0 Å². The van der Waals surface area contributed by atoms with Crippen LogP contribution in [0.2, 0.25) is 0 Å². The maximum atomic E-state index is 7.36. The predicted octanol–water partition coefficient (Wildman–Crippen LogP) is 9.38. The molecule has 0 spiro atoms. The fraction of sp³-hybridized carbons (Fsp3) is 0. The van der Waals surface area contributed by atoms with E-state index in [9.17, 15) is 0 Å². The second-order valence-electron chi connectivity index (χ2n) is 8.80. The third-order valence-electron chi connectivity index (χ3n) is 6.77. The van der Waals surface area contributed by atoms with Gasteiger partial charge in [-0.05, 0) is 0 Å². The van der Waals surface area contributed by atoms with Gasteiger partial charge in [-0.3, -0.25) is 0 Å². The fourth-order valence-electron chi connectivity index (χ4n) is 5.12. The minimum absolute atomic E-state index is 0.727. The van der Waals surface area contributed by atoms with Gasteiger partial charge in [0.15, 0.2) is 0 Å². The average molecular weight is 557 g/mol. The molecule has 0 aliphatic carbocycles. The first-order valence-electron chi connectivity index (χ1n) is 11.8. The van der Waals surface area contributed by atoms with Crippen LogP contribution in [0, 0.1) is 0 Å². The van der Waals surface area contributed by atoms with Crippen molar-refractivity contribution in [2.75, 3.05) is 0 Å². The molecule has 0 saturated carbocycles. The Morgan fingerprint density at radius 2 is 0.892 bits per heavy atom. The van der Waals surface area contributed by atoms with E-state index < -0.39 is 7.28 Å². The van der Waals surface area contributed by atoms with E-state index in [1.165, 1.54) is 32.0 Å². The van der Waals surface area contributed by atoms with E-state index in [0.29, 0.717) is 0 Å². The molecule has 6 aromatic carbocycles. The van der Waals surface area contributed by atoms with E-state index in [0.717, 1.165) is 48.7 Å². The summed E-state index contributed by atoms with van der Waals surface area (Å²) in [7, 11) is -2.84. The monoisotopic (exact) mass is 556 g/mol. The summed E-state index contributed by atoms with van der Waals surface area (Å²) in [6.07, 6.45) is 0. The number of benzene rings is 6. The molecule has 1 saturated heterocycles. The van der Waals surface area contributed by atoms with Crippen molar-refractivity contribution < 1.29 is 12.5 Å². The first-order chi connectivity index (χ1) is 18.3. The Labute approximate surface area is 226 Å². The molecule has 3 nitrogen and oxygen atoms in total. The van der Waals surface area contributed by atoms with Crippen molar-refractivity contribution in [2.45, 2.75) is 0 Å². The van der Waals surface area contributed by atoms with Crippen molar-refractivity contribution >= 4 is 82.2 Å². The van der Waals surface area contributed by atoms with Crippen LogP contribution in [-0.2, 0) is 7.94 Å². The molecule has 6 aromatic rings. The van der Waals surface area contributed by atoms with E-state index in [2.05, 4.69) is 103 Å². The van der Waals surface area contributed by atoms with Crippen molar-refractivity contribution in [1.82, 2.24) is 0 Å². The third kappa shape index (κ3) is 3.67. The zero-order valence-electron chi connectivity index (χ0n) is 19.5. The van der Waals surface area contributed by atoms with Crippen molar-refractivity contribution in [3.05, 3.63) is 127 Å². The summed E-state index contributed by atoms with van der Waals surface area (Å²) in [4.78, 5) is 0. The Balaban J connectivity index is 1.65. The van der Waals surface area contributed by atoms with Gasteiger partial charge >= 0.3 is 228 Å². The van der Waals surface area contributed by atoms with Gasteiger partial charge in [-0.1, -0.05) is 0 Å². The predicted molar refractivity (Wildman–Crippen MR) is 164 cm³/mol. The molecule has 1 aliphatic heterocycles. The Hall–Kier alpha value is -2.70. The summed E-state index contributed by atoms with van der Waals surface area (Å²) in [5, 5.41) is 8.22. The van der Waals surface area contributed by atoms with Crippen LogP contribution >= 0.6 is 39.3 Å². The molecule has 182 valence electrons. The van der Waals surface area contributed by atoms with Crippen LogP contribution in [-0.4, -0.2) is 0 Å². The van der Waals surface area contributed by atoms with Crippen LogP contribution in [0.25, 0.3) is 32.3 Å². The molecule has 37 heavy (non-hydrogen) atoms. The van der Waals surface area contributed by atoms with Crippen LogP contribution in [0.1, 0.15) is 0 Å². The molecular weight excluding hydrogens is 536 g/mol. The summed E-state index contributed by atoms with van der Waals surface area (Å²) in [5.74, 6) is 0.727. The van der Waals surface area contributed by atoms with Crippen molar-refractivity contribution in [3.63, 3.8) is 0 Å². The van der Waals surface area contributed by atoms with Gasteiger partial charge < -0.3 is 0 Å². The van der Waals surface area contributed by atoms with E-state index in [4.69, 9.17) is 12.5 Å². The summed E-state index contributed by atoms with van der Waals surface area (Å²) in [5.41, 5.74) is 0. The Kier molecular flexibility index (Phi) is 5.85. The minimum atomic E-state index is -4.29. The quantitative estimate of drug-likeness (QED) is 0.122. The van der Waals surface area contributed by atoms with E-state index >= 15 is 0 Å². The van der Waals surface area contributed by atoms with Gasteiger partial charge in [0.25, 0.3) is 0 Å². The number of hydrogen-bond donors (Lipinski definition) is 0. The molecule has 0 N–H and O–H groups in total. The first-order valence-corrected chi connectivity index (χ1v) is 17.2. The zero-order valence-corrected chi connectivity index (χ0v) is 22.9. The molecule has 1 aliphatic rings. The number of rotatable bonds is 4. The Bertz CT molecular complexity index is 1690. The van der Waals surface area contributed by atoms with Crippen LogP contribution in [0.3, 0.4) is 0 Å². The van der Waals surface area contributed by atoms with Crippen molar-refractivity contribution in [1.29, 1.82) is 0 Å². The Morgan fingerprint density at radius 3 is 1.46 bits per heavy atom. The van der Waals surface area contributed by atoms with Gasteiger partial charge in [-0.15, -0.1) is 0 Å². The second kappa shape index (κ2) is 9.25. The SMILES string of the molecule is c1ccc2c(OP3(c4cccc5ccccc45)(c4cccc5ccccc45)OSSSO3)cccc2c1. The topological polar surface area (TPSA) is 27.7 Å². The summed E-state index contributed by atoms with van der Waals surface area (Å²) in [6, 6.07) is 43.7. The van der Waals surface area contributed by atoms with E-state index in [1.54, 1.807) is 0 Å². The summed E-state index contributed by atoms with van der Waals surface area (Å²) in [6.45, 7) is 0. The number of fused-ring (bicyclic) bond motifs is 3. The third-order valence-corrected chi connectivity index (χ3v) is 14.9. The second-order valence-corrected chi connectivity index (χ2v) is 15.8. The molecule has 0 amide bonds. The van der Waals surface area contributed by atoms with Crippen LogP contribution < -0.4 is 15.1 Å². The van der Waals surface area contributed by atoms with Crippen molar-refractivity contribution in [2.24, 2.45) is 0 Å². The Morgan fingerprint density at radius 1 is 0.459 bits per heavy atom. The van der Waals surface area contributed by atoms with Gasteiger partial charge in [0.1, 0.15) is 0 Å². The van der Waals surface area contributed by atoms with Gasteiger partial charge in [-0.2, -0.15) is 0 Å². The fourth-order valence-corrected chi connectivity index (χ4v) is 15.0. The van der Waals surface area contributed by atoms with Crippen LogP contribution in [0.15, 0.2) is 127 Å². The molecular formula is C30H21O3PS3. The first kappa shape index (κ1) is 23.4. The molecule has 7 rings (SSSR count). The van der Waals surface area contributed by atoms with Gasteiger partial charge in [-0.25, -0.2) is 0 Å². The maximum absolute atomic E-state index is 7.36. The molecule has 1 fully saturated rings.